The molecule has 0 spiro atoms. The summed E-state index contributed by atoms with van der Waals surface area (Å²) in [5, 5.41) is 0.512. The lowest BCUT2D eigenvalue weighted by Gasteiger charge is -2.17. The minimum absolute atomic E-state index is 0.292. The number of thiocarbonyl (C=S) groups is 1. The Morgan fingerprint density at radius 1 is 1.00 bits per heavy atom. The molecule has 2 aromatic carbocycles. The van der Waals surface area contributed by atoms with Gasteiger partial charge in [-0.15, -0.1) is 0 Å². The van der Waals surface area contributed by atoms with Gasteiger partial charge in [-0.25, -0.2) is 0 Å². The van der Waals surface area contributed by atoms with Gasteiger partial charge in [-0.05, 0) is 61.1 Å². The Labute approximate surface area is 134 Å². The molecule has 2 nitrogen and oxygen atoms in total. The number of aryl methyl sites for hydroxylation is 2. The van der Waals surface area contributed by atoms with Crippen LogP contribution in [0.3, 0.4) is 0 Å². The van der Waals surface area contributed by atoms with Crippen LogP contribution >= 0.6 is 23.8 Å². The van der Waals surface area contributed by atoms with Crippen LogP contribution in [0, 0.1) is 0 Å². The highest BCUT2D eigenvalue weighted by atomic mass is 35.5. The predicted octanol–water partition coefficient (Wildman–Crippen LogP) is 4.65. The van der Waals surface area contributed by atoms with Crippen LogP contribution in [0.1, 0.15) is 29.5 Å². The number of rotatable bonds is 3. The van der Waals surface area contributed by atoms with E-state index in [-0.39, 0.29) is 0 Å². The van der Waals surface area contributed by atoms with E-state index < -0.39 is 0 Å². The molecule has 0 saturated carbocycles. The van der Waals surface area contributed by atoms with Gasteiger partial charge in [0.2, 0.25) is 0 Å². The molecule has 1 aliphatic rings. The van der Waals surface area contributed by atoms with Gasteiger partial charge in [-0.2, -0.15) is 0 Å². The summed E-state index contributed by atoms with van der Waals surface area (Å²) in [6, 6.07) is 11.7. The Kier molecular flexibility index (Phi) is 4.13. The third kappa shape index (κ3) is 3.20. The van der Waals surface area contributed by atoms with E-state index in [1.165, 1.54) is 30.4 Å². The van der Waals surface area contributed by atoms with Gasteiger partial charge in [0.05, 0.1) is 5.02 Å². The Balaban J connectivity index is 1.83. The van der Waals surface area contributed by atoms with Crippen molar-refractivity contribution < 1.29 is 4.74 Å². The first-order valence-corrected chi connectivity index (χ1v) is 7.81. The number of hydrogen-bond acceptors (Lipinski definition) is 2. The number of nitrogens with two attached hydrogens (primary N) is 1. The molecule has 0 aromatic heterocycles. The molecule has 1 aliphatic carbocycles. The third-order valence-corrected chi connectivity index (χ3v) is 4.29. The zero-order valence-corrected chi connectivity index (χ0v) is 13.1. The second-order valence-corrected chi connectivity index (χ2v) is 6.09. The van der Waals surface area contributed by atoms with Crippen molar-refractivity contribution in [2.75, 3.05) is 0 Å². The molecule has 0 atom stereocenters. The maximum Gasteiger partial charge on any atom is 0.128 e. The van der Waals surface area contributed by atoms with Crippen molar-refractivity contribution in [3.8, 4) is 11.5 Å². The van der Waals surface area contributed by atoms with Gasteiger partial charge in [-0.3, -0.25) is 0 Å². The molecule has 0 bridgehead atoms. The number of fused-ring (bicyclic) bond motifs is 1. The maximum absolute atomic E-state index is 6.16. The quantitative estimate of drug-likeness (QED) is 0.837. The van der Waals surface area contributed by atoms with Crippen LogP contribution in [0.4, 0.5) is 0 Å². The normalized spacial score (nSPS) is 13.6. The van der Waals surface area contributed by atoms with Gasteiger partial charge in [0.25, 0.3) is 0 Å². The van der Waals surface area contributed by atoms with E-state index in [2.05, 4.69) is 12.1 Å². The molecule has 0 amide bonds. The van der Waals surface area contributed by atoms with Crippen molar-refractivity contribution in [3.05, 3.63) is 58.1 Å². The summed E-state index contributed by atoms with van der Waals surface area (Å²) in [6.07, 6.45) is 4.84. The molecule has 2 N–H and O–H groups in total. The first-order valence-electron chi connectivity index (χ1n) is 7.02. The van der Waals surface area contributed by atoms with Crippen LogP contribution in [-0.2, 0) is 12.8 Å². The van der Waals surface area contributed by atoms with E-state index in [4.69, 9.17) is 34.3 Å². The van der Waals surface area contributed by atoms with E-state index in [0.717, 1.165) is 12.2 Å². The third-order valence-electron chi connectivity index (χ3n) is 3.76. The molecule has 108 valence electrons. The Morgan fingerprint density at radius 2 is 1.67 bits per heavy atom. The summed E-state index contributed by atoms with van der Waals surface area (Å²) in [5.74, 6) is 1.53. The van der Waals surface area contributed by atoms with Crippen molar-refractivity contribution in [2.24, 2.45) is 5.73 Å². The highest BCUT2D eigenvalue weighted by molar-refractivity contribution is 7.80. The van der Waals surface area contributed by atoms with E-state index in [9.17, 15) is 0 Å². The summed E-state index contributed by atoms with van der Waals surface area (Å²) < 4.78 is 5.89. The summed E-state index contributed by atoms with van der Waals surface area (Å²) in [7, 11) is 0. The SMILES string of the molecule is NC(=S)c1ccc(Oc2ccc3c(c2)CCCC3)cc1Cl. The van der Waals surface area contributed by atoms with Gasteiger partial charge in [0.15, 0.2) is 0 Å². The van der Waals surface area contributed by atoms with Crippen LogP contribution in [0.15, 0.2) is 36.4 Å². The van der Waals surface area contributed by atoms with Crippen LogP contribution in [0.2, 0.25) is 5.02 Å². The summed E-state index contributed by atoms with van der Waals surface area (Å²) in [4.78, 5) is 0.292. The lowest BCUT2D eigenvalue weighted by Crippen LogP contribution is -2.09. The van der Waals surface area contributed by atoms with Crippen molar-refractivity contribution in [1.82, 2.24) is 0 Å². The van der Waals surface area contributed by atoms with E-state index >= 15 is 0 Å². The number of benzene rings is 2. The topological polar surface area (TPSA) is 35.2 Å². The molecule has 0 fully saturated rings. The van der Waals surface area contributed by atoms with E-state index in [1.807, 2.05) is 12.1 Å². The lowest BCUT2D eigenvalue weighted by molar-refractivity contribution is 0.481. The second-order valence-electron chi connectivity index (χ2n) is 5.25. The van der Waals surface area contributed by atoms with Crippen molar-refractivity contribution >= 4 is 28.8 Å². The molecule has 2 aromatic rings. The molecule has 21 heavy (non-hydrogen) atoms. The number of halogens is 1. The average Bonchev–Trinajstić information content (AvgIpc) is 2.47. The monoisotopic (exact) mass is 317 g/mol. The van der Waals surface area contributed by atoms with Gasteiger partial charge in [0.1, 0.15) is 16.5 Å². The van der Waals surface area contributed by atoms with Gasteiger partial charge >= 0.3 is 0 Å². The fourth-order valence-electron chi connectivity index (χ4n) is 2.67. The van der Waals surface area contributed by atoms with Gasteiger partial charge in [0, 0.05) is 11.6 Å². The zero-order chi connectivity index (χ0) is 14.8. The van der Waals surface area contributed by atoms with Crippen molar-refractivity contribution in [3.63, 3.8) is 0 Å². The van der Waals surface area contributed by atoms with Crippen LogP contribution < -0.4 is 10.5 Å². The first kappa shape index (κ1) is 14.4. The lowest BCUT2D eigenvalue weighted by atomic mass is 9.92. The second kappa shape index (κ2) is 6.04. The van der Waals surface area contributed by atoms with E-state index in [1.54, 1.807) is 12.1 Å². The molecule has 0 unspecified atom stereocenters. The summed E-state index contributed by atoms with van der Waals surface area (Å²) in [5.41, 5.74) is 9.10. The molecule has 0 radical (unpaired) electrons. The van der Waals surface area contributed by atoms with Crippen molar-refractivity contribution in [1.29, 1.82) is 0 Å². The Hall–Kier alpha value is -1.58. The smallest absolute Gasteiger partial charge is 0.128 e. The molecular weight excluding hydrogens is 302 g/mol. The number of hydrogen-bond donors (Lipinski definition) is 1. The van der Waals surface area contributed by atoms with Crippen molar-refractivity contribution in [2.45, 2.75) is 25.7 Å². The highest BCUT2D eigenvalue weighted by Crippen LogP contribution is 2.30. The Bertz CT molecular complexity index is 699. The Morgan fingerprint density at radius 3 is 2.38 bits per heavy atom. The fourth-order valence-corrected chi connectivity index (χ4v) is 3.17. The molecule has 0 aliphatic heterocycles. The predicted molar refractivity (Wildman–Crippen MR) is 90.5 cm³/mol. The standard InChI is InChI=1S/C17H16ClNOS/c18-16-10-14(7-8-15(16)17(19)21)20-13-6-5-11-3-1-2-4-12(11)9-13/h5-10H,1-4H2,(H2,19,21). The van der Waals surface area contributed by atoms with Crippen LogP contribution in [0.25, 0.3) is 0 Å². The molecule has 0 saturated heterocycles. The van der Waals surface area contributed by atoms with Gasteiger partial charge < -0.3 is 10.5 Å². The van der Waals surface area contributed by atoms with Crippen LogP contribution in [-0.4, -0.2) is 4.99 Å². The number of ether oxygens (including phenoxy) is 1. The fraction of sp³-hybridized carbons (Fsp3) is 0.235. The maximum atomic E-state index is 6.16. The molecule has 3 rings (SSSR count). The van der Waals surface area contributed by atoms with Gasteiger partial charge in [-0.1, -0.05) is 29.9 Å². The zero-order valence-electron chi connectivity index (χ0n) is 11.6. The largest absolute Gasteiger partial charge is 0.457 e. The minimum atomic E-state index is 0.292. The molecule has 4 heteroatoms. The molecular formula is C17H16ClNOS. The van der Waals surface area contributed by atoms with E-state index in [0.29, 0.717) is 21.3 Å². The first-order chi connectivity index (χ1) is 10.1. The summed E-state index contributed by atoms with van der Waals surface area (Å²) >= 11 is 11.1. The van der Waals surface area contributed by atoms with Crippen LogP contribution in [0.5, 0.6) is 11.5 Å². The summed E-state index contributed by atoms with van der Waals surface area (Å²) in [6.45, 7) is 0. The average molecular weight is 318 g/mol. The molecule has 0 heterocycles. The minimum Gasteiger partial charge on any atom is -0.457 e. The highest BCUT2D eigenvalue weighted by Gasteiger charge is 2.11.